The number of likely N-dealkylation sites (N-methyl/N-ethyl adjacent to an activating group) is 1. The summed E-state index contributed by atoms with van der Waals surface area (Å²) in [5.74, 6) is 0.131. The summed E-state index contributed by atoms with van der Waals surface area (Å²) in [4.78, 5) is 14.4. The molecule has 1 aliphatic rings. The fourth-order valence-electron chi connectivity index (χ4n) is 2.54. The van der Waals surface area contributed by atoms with Gasteiger partial charge in [-0.25, -0.2) is 0 Å². The van der Waals surface area contributed by atoms with E-state index in [0.29, 0.717) is 6.04 Å². The van der Waals surface area contributed by atoms with E-state index in [1.807, 2.05) is 25.7 Å². The molecule has 0 aliphatic heterocycles. The monoisotopic (exact) mass is 240 g/mol. The predicted molar refractivity (Wildman–Crippen MR) is 71.7 cm³/mol. The average Bonchev–Trinajstić information content (AvgIpc) is 2.29. The lowest BCUT2D eigenvalue weighted by atomic mass is 9.85. The quantitative estimate of drug-likeness (QED) is 0.824. The Morgan fingerprint density at radius 3 is 2.24 bits per heavy atom. The highest BCUT2D eigenvalue weighted by atomic mass is 16.2. The van der Waals surface area contributed by atoms with Crippen LogP contribution in [0.1, 0.15) is 59.8 Å². The maximum Gasteiger partial charge on any atom is 0.240 e. The molecule has 17 heavy (non-hydrogen) atoms. The zero-order chi connectivity index (χ0) is 13.1. The smallest absolute Gasteiger partial charge is 0.240 e. The van der Waals surface area contributed by atoms with Gasteiger partial charge in [0.05, 0.1) is 6.04 Å². The average molecular weight is 240 g/mol. The van der Waals surface area contributed by atoms with Crippen molar-refractivity contribution in [1.82, 2.24) is 4.90 Å². The van der Waals surface area contributed by atoms with Crippen LogP contribution in [0.15, 0.2) is 0 Å². The number of nitrogens with two attached hydrogens (primary N) is 1. The third-order valence-corrected chi connectivity index (χ3v) is 3.84. The molecule has 1 amide bonds. The Kier molecular flexibility index (Phi) is 4.99. The van der Waals surface area contributed by atoms with Gasteiger partial charge in [-0.05, 0) is 25.2 Å². The van der Waals surface area contributed by atoms with Crippen LogP contribution in [0.3, 0.4) is 0 Å². The molecule has 1 saturated carbocycles. The van der Waals surface area contributed by atoms with Gasteiger partial charge in [0.15, 0.2) is 0 Å². The summed E-state index contributed by atoms with van der Waals surface area (Å²) in [7, 11) is 0. The normalized spacial score (nSPS) is 20.1. The summed E-state index contributed by atoms with van der Waals surface area (Å²) in [5.41, 5.74) is 5.93. The molecule has 0 spiro atoms. The minimum atomic E-state index is -0.385. The second kappa shape index (κ2) is 5.85. The lowest BCUT2D eigenvalue weighted by Gasteiger charge is -2.38. The van der Waals surface area contributed by atoms with E-state index in [2.05, 4.69) is 6.92 Å². The zero-order valence-electron chi connectivity index (χ0n) is 11.8. The Morgan fingerprint density at radius 2 is 1.82 bits per heavy atom. The minimum absolute atomic E-state index is 0.131. The highest BCUT2D eigenvalue weighted by molar-refractivity contribution is 5.82. The Balaban J connectivity index is 2.69. The molecule has 1 atom stereocenters. The molecule has 100 valence electrons. The summed E-state index contributed by atoms with van der Waals surface area (Å²) in [6, 6.07) is 0.0408. The van der Waals surface area contributed by atoms with Crippen molar-refractivity contribution in [3.8, 4) is 0 Å². The molecule has 0 heterocycles. The van der Waals surface area contributed by atoms with Crippen molar-refractivity contribution in [2.24, 2.45) is 11.1 Å². The van der Waals surface area contributed by atoms with Gasteiger partial charge in [0, 0.05) is 12.6 Å². The van der Waals surface area contributed by atoms with Crippen molar-refractivity contribution in [3.63, 3.8) is 0 Å². The van der Waals surface area contributed by atoms with Crippen molar-refractivity contribution in [2.45, 2.75) is 71.9 Å². The van der Waals surface area contributed by atoms with E-state index >= 15 is 0 Å². The molecule has 1 aliphatic carbocycles. The van der Waals surface area contributed by atoms with Gasteiger partial charge in [-0.2, -0.15) is 0 Å². The standard InChI is InChI=1S/C14H28N2O/c1-5-16(11-9-7-6-8-10-11)13(17)12(15)14(2,3)4/h11-12H,5-10,15H2,1-4H3. The van der Waals surface area contributed by atoms with E-state index in [9.17, 15) is 4.79 Å². The molecule has 3 heteroatoms. The van der Waals surface area contributed by atoms with Gasteiger partial charge in [-0.3, -0.25) is 4.79 Å². The van der Waals surface area contributed by atoms with Crippen molar-refractivity contribution < 1.29 is 4.79 Å². The summed E-state index contributed by atoms with van der Waals surface area (Å²) in [6.45, 7) is 8.94. The maximum absolute atomic E-state index is 12.4. The van der Waals surface area contributed by atoms with Crippen LogP contribution in [-0.2, 0) is 4.79 Å². The van der Waals surface area contributed by atoms with Crippen LogP contribution in [0.25, 0.3) is 0 Å². The van der Waals surface area contributed by atoms with E-state index in [4.69, 9.17) is 5.73 Å². The minimum Gasteiger partial charge on any atom is -0.339 e. The van der Waals surface area contributed by atoms with E-state index in [0.717, 1.165) is 19.4 Å². The van der Waals surface area contributed by atoms with Crippen LogP contribution in [0, 0.1) is 5.41 Å². The topological polar surface area (TPSA) is 46.3 Å². The van der Waals surface area contributed by atoms with Crippen LogP contribution >= 0.6 is 0 Å². The van der Waals surface area contributed by atoms with Gasteiger partial charge in [0.2, 0.25) is 5.91 Å². The molecule has 2 N–H and O–H groups in total. The molecular weight excluding hydrogens is 212 g/mol. The van der Waals surface area contributed by atoms with Gasteiger partial charge < -0.3 is 10.6 Å². The molecule has 0 radical (unpaired) electrons. The summed E-state index contributed by atoms with van der Waals surface area (Å²) in [6.07, 6.45) is 6.11. The van der Waals surface area contributed by atoms with Crippen LogP contribution in [0.5, 0.6) is 0 Å². The summed E-state index contributed by atoms with van der Waals surface area (Å²) < 4.78 is 0. The van der Waals surface area contributed by atoms with Crippen molar-refractivity contribution in [3.05, 3.63) is 0 Å². The van der Waals surface area contributed by atoms with Gasteiger partial charge >= 0.3 is 0 Å². The van der Waals surface area contributed by atoms with Crippen LogP contribution in [0.4, 0.5) is 0 Å². The third kappa shape index (κ3) is 3.70. The zero-order valence-corrected chi connectivity index (χ0v) is 11.8. The van der Waals surface area contributed by atoms with Crippen LogP contribution in [0.2, 0.25) is 0 Å². The van der Waals surface area contributed by atoms with E-state index < -0.39 is 0 Å². The first-order valence-electron chi connectivity index (χ1n) is 6.94. The Morgan fingerprint density at radius 1 is 1.29 bits per heavy atom. The number of hydrogen-bond donors (Lipinski definition) is 1. The number of carbonyl (C=O) groups is 1. The molecule has 0 saturated heterocycles. The summed E-state index contributed by atoms with van der Waals surface area (Å²) in [5, 5.41) is 0. The van der Waals surface area contributed by atoms with Crippen LogP contribution in [-0.4, -0.2) is 29.4 Å². The highest BCUT2D eigenvalue weighted by Gasteiger charge is 2.33. The fourth-order valence-corrected chi connectivity index (χ4v) is 2.54. The van der Waals surface area contributed by atoms with Gasteiger partial charge in [-0.1, -0.05) is 40.0 Å². The number of rotatable bonds is 3. The molecule has 0 bridgehead atoms. The van der Waals surface area contributed by atoms with Gasteiger partial charge in [0.25, 0.3) is 0 Å². The predicted octanol–water partition coefficient (Wildman–Crippen LogP) is 2.54. The maximum atomic E-state index is 12.4. The lowest BCUT2D eigenvalue weighted by molar-refractivity contribution is -0.137. The molecule has 1 rings (SSSR count). The van der Waals surface area contributed by atoms with E-state index in [1.54, 1.807) is 0 Å². The van der Waals surface area contributed by atoms with E-state index in [-0.39, 0.29) is 17.4 Å². The largest absolute Gasteiger partial charge is 0.339 e. The van der Waals surface area contributed by atoms with Gasteiger partial charge in [0.1, 0.15) is 0 Å². The first-order valence-corrected chi connectivity index (χ1v) is 6.94. The number of amides is 1. The second-order valence-corrected chi connectivity index (χ2v) is 6.26. The number of nitrogens with zero attached hydrogens (tertiary/aromatic N) is 1. The van der Waals surface area contributed by atoms with Crippen LogP contribution < -0.4 is 5.73 Å². The molecule has 1 fully saturated rings. The van der Waals surface area contributed by atoms with E-state index in [1.165, 1.54) is 19.3 Å². The van der Waals surface area contributed by atoms with Gasteiger partial charge in [-0.15, -0.1) is 0 Å². The van der Waals surface area contributed by atoms with Crippen molar-refractivity contribution in [2.75, 3.05) is 6.54 Å². The van der Waals surface area contributed by atoms with Crippen molar-refractivity contribution >= 4 is 5.91 Å². The molecular formula is C14H28N2O. The molecule has 0 aromatic rings. The summed E-state index contributed by atoms with van der Waals surface area (Å²) >= 11 is 0. The Labute approximate surface area is 106 Å². The first-order chi connectivity index (χ1) is 7.88. The fraction of sp³-hybridized carbons (Fsp3) is 0.929. The highest BCUT2D eigenvalue weighted by Crippen LogP contribution is 2.25. The third-order valence-electron chi connectivity index (χ3n) is 3.84. The first kappa shape index (κ1) is 14.5. The second-order valence-electron chi connectivity index (χ2n) is 6.26. The Hall–Kier alpha value is -0.570. The molecule has 1 unspecified atom stereocenters. The number of carbonyl (C=O) groups excluding carboxylic acids is 1. The number of hydrogen-bond acceptors (Lipinski definition) is 2. The Bertz CT molecular complexity index is 251. The lowest BCUT2D eigenvalue weighted by Crippen LogP contribution is -2.53. The molecule has 3 nitrogen and oxygen atoms in total. The van der Waals surface area contributed by atoms with Crippen molar-refractivity contribution in [1.29, 1.82) is 0 Å². The SMILES string of the molecule is CCN(C(=O)C(N)C(C)(C)C)C1CCCCC1. The molecule has 0 aromatic heterocycles. The molecule has 0 aromatic carbocycles.